The summed E-state index contributed by atoms with van der Waals surface area (Å²) in [5, 5.41) is 28.0. The van der Waals surface area contributed by atoms with E-state index in [4.69, 9.17) is 0 Å². The second-order valence-electron chi connectivity index (χ2n) is 7.02. The number of nitrogens with one attached hydrogen (secondary N) is 2. The monoisotopic (exact) mass is 419 g/mol. The van der Waals surface area contributed by atoms with Gasteiger partial charge in [-0.1, -0.05) is 12.1 Å². The molecule has 0 saturated heterocycles. The molecule has 156 valence electrons. The first-order chi connectivity index (χ1) is 15.1. The molecular weight excluding hydrogens is 401 g/mol. The number of para-hydroxylation sites is 1. The Morgan fingerprint density at radius 2 is 2.03 bits per heavy atom. The highest BCUT2D eigenvalue weighted by Gasteiger charge is 2.15. The van der Waals surface area contributed by atoms with Gasteiger partial charge in [0.2, 0.25) is 5.95 Å². The normalized spacial score (nSPS) is 11.4. The van der Waals surface area contributed by atoms with Crippen LogP contribution in [0.4, 0.5) is 10.3 Å². The maximum Gasteiger partial charge on any atom is 0.227 e. The van der Waals surface area contributed by atoms with Crippen molar-refractivity contribution in [1.29, 1.82) is 0 Å². The summed E-state index contributed by atoms with van der Waals surface area (Å²) in [7, 11) is 0. The Balaban J connectivity index is 1.47. The molecule has 5 aromatic rings. The summed E-state index contributed by atoms with van der Waals surface area (Å²) in [6.45, 7) is 0.281. The summed E-state index contributed by atoms with van der Waals surface area (Å²) in [5.41, 5.74) is 3.11. The molecule has 0 atom stereocenters. The van der Waals surface area contributed by atoms with E-state index in [-0.39, 0.29) is 18.2 Å². The molecule has 0 amide bonds. The molecule has 0 aliphatic carbocycles. The number of hydrogen-bond donors (Lipinski definition) is 4. The van der Waals surface area contributed by atoms with Gasteiger partial charge in [0, 0.05) is 35.5 Å². The molecule has 31 heavy (non-hydrogen) atoms. The first-order valence-corrected chi connectivity index (χ1v) is 9.62. The highest BCUT2D eigenvalue weighted by molar-refractivity contribution is 5.88. The van der Waals surface area contributed by atoms with Gasteiger partial charge in [0.15, 0.2) is 11.5 Å². The number of aliphatic hydroxyl groups is 1. The lowest BCUT2D eigenvalue weighted by Crippen LogP contribution is -2.12. The third-order valence-electron chi connectivity index (χ3n) is 5.03. The lowest BCUT2D eigenvalue weighted by Gasteiger charge is -2.10. The molecule has 0 bridgehead atoms. The maximum atomic E-state index is 13.7. The molecule has 10 heteroatoms. The first kappa shape index (κ1) is 18.9. The fourth-order valence-corrected chi connectivity index (χ4v) is 3.52. The summed E-state index contributed by atoms with van der Waals surface area (Å²) < 4.78 is 15.2. The van der Waals surface area contributed by atoms with Crippen molar-refractivity contribution in [2.75, 3.05) is 11.9 Å². The fourth-order valence-electron chi connectivity index (χ4n) is 3.52. The molecule has 0 aliphatic rings. The van der Waals surface area contributed by atoms with Crippen molar-refractivity contribution in [2.24, 2.45) is 0 Å². The Kier molecular flexibility index (Phi) is 4.68. The summed E-state index contributed by atoms with van der Waals surface area (Å²) in [4.78, 5) is 15.9. The predicted octanol–water partition coefficient (Wildman–Crippen LogP) is 2.66. The average Bonchev–Trinajstić information content (AvgIpc) is 3.38. The minimum Gasteiger partial charge on any atom is -0.506 e. The highest BCUT2D eigenvalue weighted by atomic mass is 19.1. The number of phenols is 1. The molecule has 0 unspecified atom stereocenters. The largest absolute Gasteiger partial charge is 0.506 e. The number of H-pyrrole nitrogens is 1. The van der Waals surface area contributed by atoms with Crippen LogP contribution in [0.3, 0.4) is 0 Å². The van der Waals surface area contributed by atoms with E-state index in [0.717, 1.165) is 17.1 Å². The van der Waals surface area contributed by atoms with Crippen LogP contribution in [0.5, 0.6) is 5.75 Å². The average molecular weight is 419 g/mol. The van der Waals surface area contributed by atoms with Gasteiger partial charge in [0.25, 0.3) is 0 Å². The zero-order valence-corrected chi connectivity index (χ0v) is 16.2. The smallest absolute Gasteiger partial charge is 0.227 e. The molecule has 4 heterocycles. The number of aromatic hydroxyl groups is 1. The van der Waals surface area contributed by atoms with E-state index in [1.807, 2.05) is 12.3 Å². The summed E-state index contributed by atoms with van der Waals surface area (Å²) >= 11 is 0. The molecule has 4 aromatic heterocycles. The van der Waals surface area contributed by atoms with E-state index in [1.54, 1.807) is 12.1 Å². The number of fused-ring (bicyclic) bond motifs is 2. The zero-order valence-electron chi connectivity index (χ0n) is 16.2. The van der Waals surface area contributed by atoms with E-state index in [0.29, 0.717) is 41.2 Å². The van der Waals surface area contributed by atoms with E-state index in [2.05, 4.69) is 30.4 Å². The van der Waals surface area contributed by atoms with Crippen LogP contribution in [-0.2, 0) is 13.0 Å². The van der Waals surface area contributed by atoms with Crippen molar-refractivity contribution >= 4 is 22.5 Å². The number of pyridine rings is 1. The standard InChI is InChI=1S/C21H18FN7O2/c22-15-6-13(7-23-10-15)19-27-20-14(11-30)9-26-29(20)21(28-19)24-5-4-12-8-25-18-16(12)2-1-3-17(18)31/h1-3,6-10,25,30-31H,4-5,11H2,(H,24,27,28). The van der Waals surface area contributed by atoms with Crippen LogP contribution in [0.15, 0.2) is 49.1 Å². The van der Waals surface area contributed by atoms with Crippen molar-refractivity contribution in [1.82, 2.24) is 29.5 Å². The van der Waals surface area contributed by atoms with Crippen LogP contribution in [0.25, 0.3) is 27.9 Å². The topological polar surface area (TPSA) is 124 Å². The summed E-state index contributed by atoms with van der Waals surface area (Å²) in [5.74, 6) is 0.394. The minimum absolute atomic E-state index is 0.204. The van der Waals surface area contributed by atoms with Gasteiger partial charge >= 0.3 is 0 Å². The molecule has 5 rings (SSSR count). The van der Waals surface area contributed by atoms with Crippen LogP contribution in [0.1, 0.15) is 11.1 Å². The number of phenolic OH excluding ortho intramolecular Hbond substituents is 1. The number of benzene rings is 1. The number of aliphatic hydroxyl groups excluding tert-OH is 1. The van der Waals surface area contributed by atoms with Crippen LogP contribution in [0, 0.1) is 5.82 Å². The lowest BCUT2D eigenvalue weighted by atomic mass is 10.1. The number of anilines is 1. The Hall–Kier alpha value is -4.05. The van der Waals surface area contributed by atoms with Crippen LogP contribution in [0.2, 0.25) is 0 Å². The molecule has 0 fully saturated rings. The Labute approximate surface area is 175 Å². The van der Waals surface area contributed by atoms with Gasteiger partial charge in [0.05, 0.1) is 24.5 Å². The third-order valence-corrected chi connectivity index (χ3v) is 5.03. The Morgan fingerprint density at radius 3 is 2.87 bits per heavy atom. The van der Waals surface area contributed by atoms with Crippen molar-refractivity contribution in [2.45, 2.75) is 13.0 Å². The third kappa shape index (κ3) is 3.42. The van der Waals surface area contributed by atoms with Crippen LogP contribution < -0.4 is 5.32 Å². The quantitative estimate of drug-likeness (QED) is 0.333. The fraction of sp³-hybridized carbons (Fsp3) is 0.143. The van der Waals surface area contributed by atoms with Crippen molar-refractivity contribution in [3.8, 4) is 17.1 Å². The number of hydrogen-bond acceptors (Lipinski definition) is 7. The molecule has 0 spiro atoms. The van der Waals surface area contributed by atoms with Crippen LogP contribution in [-0.4, -0.2) is 46.3 Å². The van der Waals surface area contributed by atoms with E-state index >= 15 is 0 Å². The number of rotatable bonds is 6. The minimum atomic E-state index is -0.492. The predicted molar refractivity (Wildman–Crippen MR) is 112 cm³/mol. The van der Waals surface area contributed by atoms with Gasteiger partial charge in [-0.2, -0.15) is 14.6 Å². The zero-order chi connectivity index (χ0) is 21.4. The number of aromatic nitrogens is 6. The van der Waals surface area contributed by atoms with Crippen molar-refractivity contribution < 1.29 is 14.6 Å². The van der Waals surface area contributed by atoms with Gasteiger partial charge in [0.1, 0.15) is 11.6 Å². The lowest BCUT2D eigenvalue weighted by molar-refractivity contribution is 0.283. The molecule has 0 aliphatic heterocycles. The summed E-state index contributed by atoms with van der Waals surface area (Å²) in [6.07, 6.45) is 6.62. The van der Waals surface area contributed by atoms with Crippen LogP contribution >= 0.6 is 0 Å². The molecule has 9 nitrogen and oxygen atoms in total. The molecule has 0 saturated carbocycles. The first-order valence-electron chi connectivity index (χ1n) is 9.62. The Bertz CT molecular complexity index is 1400. The second-order valence-corrected chi connectivity index (χ2v) is 7.02. The van der Waals surface area contributed by atoms with Gasteiger partial charge < -0.3 is 20.5 Å². The van der Waals surface area contributed by atoms with E-state index in [9.17, 15) is 14.6 Å². The van der Waals surface area contributed by atoms with Gasteiger partial charge in [-0.25, -0.2) is 9.37 Å². The molecule has 1 aromatic carbocycles. The maximum absolute atomic E-state index is 13.7. The molecule has 4 N–H and O–H groups in total. The van der Waals surface area contributed by atoms with Gasteiger partial charge in [-0.3, -0.25) is 4.98 Å². The molecule has 0 radical (unpaired) electrons. The number of halogens is 1. The van der Waals surface area contributed by atoms with Crippen molar-refractivity contribution in [3.63, 3.8) is 0 Å². The number of aromatic amines is 1. The SMILES string of the molecule is OCc1cnn2c(NCCc3c[nH]c4c(O)cccc34)nc(-c3cncc(F)c3)nc12. The second kappa shape index (κ2) is 7.65. The van der Waals surface area contributed by atoms with E-state index < -0.39 is 5.82 Å². The van der Waals surface area contributed by atoms with Gasteiger partial charge in [-0.15, -0.1) is 0 Å². The molecular formula is C21H18FN7O2. The van der Waals surface area contributed by atoms with Gasteiger partial charge in [-0.05, 0) is 24.1 Å². The highest BCUT2D eigenvalue weighted by Crippen LogP contribution is 2.26. The van der Waals surface area contributed by atoms with E-state index in [1.165, 1.54) is 23.0 Å². The summed E-state index contributed by atoms with van der Waals surface area (Å²) in [6, 6.07) is 6.68. The number of nitrogens with zero attached hydrogens (tertiary/aromatic N) is 5. The Morgan fingerprint density at radius 1 is 1.13 bits per heavy atom. The van der Waals surface area contributed by atoms with Crippen molar-refractivity contribution in [3.05, 3.63) is 66.0 Å².